The maximum atomic E-state index is 12.2. The molecule has 2 aliphatic heterocycles. The number of ketones is 1. The van der Waals surface area contributed by atoms with Gasteiger partial charge < -0.3 is 10.1 Å². The summed E-state index contributed by atoms with van der Waals surface area (Å²) in [5.41, 5.74) is 5.71. The van der Waals surface area contributed by atoms with Crippen LogP contribution in [-0.4, -0.2) is 22.6 Å². The number of aromatic nitrogens is 1. The number of carbonyl (C=O) groups is 1. The Kier molecular flexibility index (Phi) is 11.7. The van der Waals surface area contributed by atoms with Crippen molar-refractivity contribution in [2.45, 2.75) is 86.8 Å². The first-order valence-electron chi connectivity index (χ1n) is 15.7. The molecule has 0 saturated heterocycles. The molecule has 3 heterocycles. The molecule has 6 rings (SSSR count). The number of hydrogen-bond donors (Lipinski definition) is 1. The summed E-state index contributed by atoms with van der Waals surface area (Å²) in [5.74, 6) is 0.286. The van der Waals surface area contributed by atoms with E-state index in [0.29, 0.717) is 0 Å². The second-order valence-corrected chi connectivity index (χ2v) is 14.3. The number of allylic oxidation sites excluding steroid dienone is 2. The average molecular weight is 811 g/mol. The molecule has 1 N–H and O–H groups in total. The molecule has 7 heteroatoms. The van der Waals surface area contributed by atoms with Crippen molar-refractivity contribution in [3.8, 4) is 11.3 Å². The number of aliphatic hydroxyl groups excluding tert-OH is 1. The van der Waals surface area contributed by atoms with Crippen LogP contribution in [0, 0.1) is 16.9 Å². The van der Waals surface area contributed by atoms with Crippen LogP contribution >= 0.6 is 23.5 Å². The van der Waals surface area contributed by atoms with Crippen LogP contribution in [0.1, 0.15) is 67.2 Å². The van der Waals surface area contributed by atoms with Crippen LogP contribution < -0.4 is 16.4 Å². The maximum absolute atomic E-state index is 12.2. The predicted octanol–water partition coefficient (Wildman–Crippen LogP) is 8.64. The molecule has 235 valence electrons. The number of nitrogens with zero attached hydrogens (tertiary/aromatic N) is 1. The Morgan fingerprint density at radius 2 is 1.44 bits per heavy atom. The van der Waals surface area contributed by atoms with Crippen LogP contribution in [0.4, 0.5) is 0 Å². The van der Waals surface area contributed by atoms with Crippen molar-refractivity contribution in [3.63, 3.8) is 0 Å². The Hall–Kier alpha value is -2.57. The monoisotopic (exact) mass is 811 g/mol. The van der Waals surface area contributed by atoms with Crippen molar-refractivity contribution in [2.24, 2.45) is 10.8 Å². The molecule has 0 unspecified atom stereocenters. The van der Waals surface area contributed by atoms with Crippen molar-refractivity contribution < 1.29 is 30.0 Å². The largest absolute Gasteiger partial charge is 0.512 e. The molecular weight excluding hydrogens is 770 g/mol. The molecule has 0 atom stereocenters. The Morgan fingerprint density at radius 1 is 0.822 bits per heavy atom. The Balaban J connectivity index is 0.000000226. The Morgan fingerprint density at radius 3 is 2.09 bits per heavy atom. The van der Waals surface area contributed by atoms with E-state index < -0.39 is 0 Å². The zero-order valence-corrected chi connectivity index (χ0v) is 31.0. The number of fused-ring (bicyclic) bond motifs is 4. The van der Waals surface area contributed by atoms with E-state index in [1.54, 1.807) is 0 Å². The topological polar surface area (TPSA) is 50.2 Å². The summed E-state index contributed by atoms with van der Waals surface area (Å²) >= 11 is 3.75. The van der Waals surface area contributed by atoms with Gasteiger partial charge in [-0.05, 0) is 66.0 Å². The Labute approximate surface area is 291 Å². The summed E-state index contributed by atoms with van der Waals surface area (Å²) in [6.07, 6.45) is 6.61. The quantitative estimate of drug-likeness (QED) is 0.0723. The maximum Gasteiger partial charge on any atom is 0.228 e. The molecule has 45 heavy (non-hydrogen) atoms. The number of aliphatic hydroxyl groups is 1. The van der Waals surface area contributed by atoms with Gasteiger partial charge in [-0.1, -0.05) is 100 Å². The molecule has 0 spiro atoms. The number of pyridine rings is 1. The molecule has 4 aromatic rings. The number of benzene rings is 3. The smallest absolute Gasteiger partial charge is 0.228 e. The molecule has 0 bridgehead atoms. The zero-order chi connectivity index (χ0) is 31.5. The number of carbonyl (C=O) groups excluding carboxylic acids is 1. The molecule has 2 aliphatic rings. The summed E-state index contributed by atoms with van der Waals surface area (Å²) < 4.78 is 0. The molecule has 1 radical (unpaired) electrons. The van der Waals surface area contributed by atoms with Gasteiger partial charge in [-0.2, -0.15) is 0 Å². The second-order valence-electron chi connectivity index (χ2n) is 12.1. The van der Waals surface area contributed by atoms with Crippen LogP contribution in [0.5, 0.6) is 0 Å². The van der Waals surface area contributed by atoms with E-state index in [1.165, 1.54) is 42.0 Å². The zero-order valence-electron chi connectivity index (χ0n) is 26.9. The van der Waals surface area contributed by atoms with Crippen LogP contribution in [-0.2, 0) is 24.9 Å². The summed E-state index contributed by atoms with van der Waals surface area (Å²) in [6, 6.07) is 29.3. The first-order valence-corrected chi connectivity index (χ1v) is 17.3. The van der Waals surface area contributed by atoms with Gasteiger partial charge in [0.2, 0.25) is 6.71 Å². The molecule has 3 aromatic carbocycles. The van der Waals surface area contributed by atoms with Gasteiger partial charge in [-0.3, -0.25) is 4.79 Å². The first-order chi connectivity index (χ1) is 21.2. The van der Waals surface area contributed by atoms with E-state index in [4.69, 9.17) is 0 Å². The third-order valence-corrected chi connectivity index (χ3v) is 12.2. The van der Waals surface area contributed by atoms with Crippen molar-refractivity contribution in [1.82, 2.24) is 4.98 Å². The molecule has 0 fully saturated rings. The minimum absolute atomic E-state index is 0. The van der Waals surface area contributed by atoms with E-state index in [1.807, 2.05) is 83.4 Å². The van der Waals surface area contributed by atoms with Gasteiger partial charge in [0.25, 0.3) is 0 Å². The summed E-state index contributed by atoms with van der Waals surface area (Å²) in [6.45, 7) is 12.4. The van der Waals surface area contributed by atoms with E-state index in [-0.39, 0.29) is 49.2 Å². The molecule has 0 amide bonds. The first kappa shape index (κ1) is 35.3. The Bertz CT molecular complexity index is 1680. The molecule has 3 nitrogen and oxygen atoms in total. The van der Waals surface area contributed by atoms with E-state index in [9.17, 15) is 9.90 Å². The summed E-state index contributed by atoms with van der Waals surface area (Å²) in [4.78, 5) is 22.1. The minimum Gasteiger partial charge on any atom is -0.512 e. The summed E-state index contributed by atoms with van der Waals surface area (Å²) in [7, 11) is 0. The molecule has 1 aromatic heterocycles. The number of hydrogen-bond acceptors (Lipinski definition) is 5. The third-order valence-electron chi connectivity index (χ3n) is 9.79. The fraction of sp³-hybridized carbons (Fsp3) is 0.316. The van der Waals surface area contributed by atoms with Gasteiger partial charge in [-0.25, -0.2) is 0 Å². The van der Waals surface area contributed by atoms with Crippen molar-refractivity contribution in [2.75, 3.05) is 0 Å². The van der Waals surface area contributed by atoms with Gasteiger partial charge >= 0.3 is 0 Å². The van der Waals surface area contributed by atoms with Crippen molar-refractivity contribution in [3.05, 3.63) is 96.9 Å². The van der Waals surface area contributed by atoms with E-state index >= 15 is 0 Å². The van der Waals surface area contributed by atoms with E-state index in [2.05, 4.69) is 71.7 Å². The van der Waals surface area contributed by atoms with Gasteiger partial charge in [0.15, 0.2) is 5.78 Å². The average Bonchev–Trinajstić information content (AvgIpc) is 3.07. The van der Waals surface area contributed by atoms with Crippen LogP contribution in [0.25, 0.3) is 11.3 Å². The standard InChI is InChI=1S/C23H13BNS2.C15H28O2.Ir/c1-2-11-19-16(8-1)24-17-9-5-7-15(18-10-3-4-14-25-18)23(17)27-21-13-6-12-20(26-19)22(21)24;1-7-14(5,8-2)12(16)11-13(17)15(6,9-3)10-4;/h1-6,8-14H;11,16H,7-10H2,1-6H3;/q-1;;/b;12-11-;. The van der Waals surface area contributed by atoms with E-state index in [0.717, 1.165) is 36.9 Å². The second kappa shape index (κ2) is 14.9. The van der Waals surface area contributed by atoms with Gasteiger partial charge in [-0.15, -0.1) is 41.0 Å². The fourth-order valence-corrected chi connectivity index (χ4v) is 8.24. The van der Waals surface area contributed by atoms with Gasteiger partial charge in [0.05, 0.1) is 0 Å². The minimum atomic E-state index is -0.337. The van der Waals surface area contributed by atoms with Crippen molar-refractivity contribution in [1.29, 1.82) is 0 Å². The third kappa shape index (κ3) is 6.93. The molecular formula is C38H41BIrNO2S2-. The normalized spacial score (nSPS) is 13.4. The summed E-state index contributed by atoms with van der Waals surface area (Å²) in [5, 5.41) is 10.1. The van der Waals surface area contributed by atoms with Crippen LogP contribution in [0.15, 0.2) is 110 Å². The van der Waals surface area contributed by atoms with Crippen LogP contribution in [0.3, 0.4) is 0 Å². The van der Waals surface area contributed by atoms with Gasteiger partial charge in [0, 0.05) is 53.0 Å². The van der Waals surface area contributed by atoms with Crippen molar-refractivity contribution >= 4 is 52.4 Å². The molecule has 0 saturated carbocycles. The van der Waals surface area contributed by atoms with Crippen LogP contribution in [0.2, 0.25) is 0 Å². The van der Waals surface area contributed by atoms with Gasteiger partial charge in [0.1, 0.15) is 5.76 Å². The molecule has 0 aliphatic carbocycles. The SMILES string of the molecule is CCC(C)(CC)C(=O)/C=C(\O)C(C)(CC)CC.[Ir].[c-]1ccc2c(c1-c1ccccn1)Sc1cccc3c1B2c1ccccc1S3. The number of rotatable bonds is 8. The fourth-order valence-electron chi connectivity index (χ4n) is 5.73. The predicted molar refractivity (Wildman–Crippen MR) is 187 cm³/mol.